The average molecular weight is 683 g/mol. The smallest absolute Gasteiger partial charge is 0.328 e. The molecule has 12 heteroatoms. The molecule has 0 amide bonds. The molecular formula is C36H58O12. The number of allylic oxidation sites excluding steroid dienone is 5. The normalized spacial score (nSPS) is 17.5. The molecule has 48 heavy (non-hydrogen) atoms. The minimum absolute atomic E-state index is 0.121. The SMILES string of the molecule is CC(=C\C(=O)O)/C=C(\C)C[C@H](C)CCCC[C@H](OC(=O)[C@@H](CO)[C@H](O)CCCC[C@](C)(O)C/C(C)=C/C(C)=C/C(=O)O)[C@@H](CO)C(=O)O. The molecule has 0 aromatic rings. The number of carbonyl (C=O) groups is 4. The summed E-state index contributed by atoms with van der Waals surface area (Å²) in [6, 6.07) is 0. The van der Waals surface area contributed by atoms with E-state index in [1.54, 1.807) is 33.8 Å². The fourth-order valence-electron chi connectivity index (χ4n) is 5.89. The zero-order chi connectivity index (χ0) is 37.0. The van der Waals surface area contributed by atoms with Crippen LogP contribution in [0.3, 0.4) is 0 Å². The lowest BCUT2D eigenvalue weighted by atomic mass is 9.89. The van der Waals surface area contributed by atoms with Crippen LogP contribution in [0.15, 0.2) is 46.6 Å². The number of aliphatic hydroxyl groups is 4. The van der Waals surface area contributed by atoms with Gasteiger partial charge < -0.3 is 40.5 Å². The Morgan fingerprint density at radius 2 is 1.23 bits per heavy atom. The Morgan fingerprint density at radius 3 is 1.73 bits per heavy atom. The molecule has 0 aliphatic rings. The first-order valence-electron chi connectivity index (χ1n) is 16.5. The molecule has 0 aliphatic heterocycles. The topological polar surface area (TPSA) is 219 Å². The van der Waals surface area contributed by atoms with Crippen LogP contribution in [0.5, 0.6) is 0 Å². The number of unbranched alkanes of at least 4 members (excludes halogenated alkanes) is 2. The van der Waals surface area contributed by atoms with Gasteiger partial charge in [0.25, 0.3) is 0 Å². The van der Waals surface area contributed by atoms with Crippen molar-refractivity contribution in [3.63, 3.8) is 0 Å². The van der Waals surface area contributed by atoms with Crippen LogP contribution < -0.4 is 0 Å². The van der Waals surface area contributed by atoms with Crippen molar-refractivity contribution in [2.75, 3.05) is 13.2 Å². The number of rotatable bonds is 25. The van der Waals surface area contributed by atoms with Gasteiger partial charge in [0.05, 0.1) is 24.9 Å². The van der Waals surface area contributed by atoms with Crippen molar-refractivity contribution < 1.29 is 59.7 Å². The van der Waals surface area contributed by atoms with E-state index < -0.39 is 66.7 Å². The molecule has 0 spiro atoms. The number of hydrogen-bond acceptors (Lipinski definition) is 9. The second-order valence-electron chi connectivity index (χ2n) is 13.4. The quantitative estimate of drug-likeness (QED) is 0.0299. The molecule has 0 unspecified atom stereocenters. The number of ether oxygens (including phenoxy) is 1. The van der Waals surface area contributed by atoms with Gasteiger partial charge >= 0.3 is 23.9 Å². The largest absolute Gasteiger partial charge is 0.481 e. The van der Waals surface area contributed by atoms with Gasteiger partial charge in [-0.25, -0.2) is 9.59 Å². The maximum Gasteiger partial charge on any atom is 0.328 e. The first-order valence-corrected chi connectivity index (χ1v) is 16.5. The summed E-state index contributed by atoms with van der Waals surface area (Å²) in [4.78, 5) is 46.5. The third-order valence-corrected chi connectivity index (χ3v) is 8.08. The van der Waals surface area contributed by atoms with Crippen LogP contribution in [-0.2, 0) is 23.9 Å². The van der Waals surface area contributed by atoms with E-state index in [9.17, 15) is 44.7 Å². The van der Waals surface area contributed by atoms with Crippen LogP contribution in [-0.4, -0.2) is 90.6 Å². The third-order valence-electron chi connectivity index (χ3n) is 8.08. The van der Waals surface area contributed by atoms with E-state index in [-0.39, 0.29) is 18.8 Å². The number of carbonyl (C=O) groups excluding carboxylic acids is 1. The molecule has 0 saturated carbocycles. The maximum absolute atomic E-state index is 13.0. The van der Waals surface area contributed by atoms with Crippen LogP contribution in [0.25, 0.3) is 0 Å². The Morgan fingerprint density at radius 1 is 0.729 bits per heavy atom. The van der Waals surface area contributed by atoms with Gasteiger partial charge in [-0.1, -0.05) is 55.9 Å². The summed E-state index contributed by atoms with van der Waals surface area (Å²) < 4.78 is 5.50. The molecular weight excluding hydrogens is 624 g/mol. The molecule has 0 saturated heterocycles. The lowest BCUT2D eigenvalue weighted by molar-refractivity contribution is -0.169. The van der Waals surface area contributed by atoms with Crippen LogP contribution >= 0.6 is 0 Å². The summed E-state index contributed by atoms with van der Waals surface area (Å²) >= 11 is 0. The monoisotopic (exact) mass is 682 g/mol. The van der Waals surface area contributed by atoms with Crippen molar-refractivity contribution in [1.29, 1.82) is 0 Å². The molecule has 0 heterocycles. The van der Waals surface area contributed by atoms with Gasteiger partial charge in [-0.05, 0) is 90.2 Å². The van der Waals surface area contributed by atoms with Gasteiger partial charge in [0.2, 0.25) is 0 Å². The number of aliphatic carboxylic acids is 3. The molecule has 0 aromatic heterocycles. The van der Waals surface area contributed by atoms with Gasteiger partial charge in [-0.15, -0.1) is 0 Å². The predicted molar refractivity (Wildman–Crippen MR) is 181 cm³/mol. The van der Waals surface area contributed by atoms with Gasteiger partial charge in [-0.2, -0.15) is 0 Å². The van der Waals surface area contributed by atoms with E-state index >= 15 is 0 Å². The number of esters is 1. The fraction of sp³-hybridized carbons (Fsp3) is 0.667. The number of carboxylic acids is 3. The van der Waals surface area contributed by atoms with Gasteiger partial charge in [0.1, 0.15) is 17.9 Å². The Hall–Kier alpha value is -3.32. The summed E-state index contributed by atoms with van der Waals surface area (Å²) in [5.74, 6) is -6.78. The summed E-state index contributed by atoms with van der Waals surface area (Å²) in [5, 5.41) is 68.5. The van der Waals surface area contributed by atoms with Crippen molar-refractivity contribution >= 4 is 23.9 Å². The lowest BCUT2D eigenvalue weighted by Gasteiger charge is -2.27. The standard InChI is InChI=1S/C36H58O12/c1-23(15-24(2)16-25(3)18-32(40)41)11-7-8-13-31(29(22-38)34(44)45)48-35(46)28(21-37)30(39)12-9-10-14-36(6,47)20-27(5)17-26(4)19-33(42)43/h16-19,23,28-31,37-39,47H,7-15,20-22H2,1-6H3,(H,40,41)(H,42,43)(H,44,45)/b24-16+,25-18+,26-19+,27-17+/t23-,28+,29-,30-,31+,36+/m1/s1. The van der Waals surface area contributed by atoms with Crippen molar-refractivity contribution in [2.24, 2.45) is 17.8 Å². The summed E-state index contributed by atoms with van der Waals surface area (Å²) in [5.41, 5.74) is 1.93. The van der Waals surface area contributed by atoms with Crippen LogP contribution in [0, 0.1) is 17.8 Å². The van der Waals surface area contributed by atoms with Crippen molar-refractivity contribution in [1.82, 2.24) is 0 Å². The van der Waals surface area contributed by atoms with E-state index in [0.717, 1.165) is 36.1 Å². The van der Waals surface area contributed by atoms with E-state index in [1.807, 2.05) is 13.0 Å². The van der Waals surface area contributed by atoms with Gasteiger partial charge in [0.15, 0.2) is 0 Å². The fourth-order valence-corrected chi connectivity index (χ4v) is 5.89. The van der Waals surface area contributed by atoms with Crippen LogP contribution in [0.2, 0.25) is 0 Å². The first kappa shape index (κ1) is 44.7. The van der Waals surface area contributed by atoms with E-state index in [4.69, 9.17) is 14.9 Å². The molecule has 0 aromatic carbocycles. The molecule has 0 aliphatic carbocycles. The molecule has 274 valence electrons. The summed E-state index contributed by atoms with van der Waals surface area (Å²) in [6.45, 7) is 9.32. The Balaban J connectivity index is 5.11. The molecule has 7 N–H and O–H groups in total. The average Bonchev–Trinajstić information content (AvgIpc) is 2.92. The van der Waals surface area contributed by atoms with E-state index in [0.29, 0.717) is 49.7 Å². The van der Waals surface area contributed by atoms with Gasteiger partial charge in [0, 0.05) is 12.2 Å². The second kappa shape index (κ2) is 23.1. The molecule has 0 bridgehead atoms. The molecule has 0 radical (unpaired) electrons. The highest BCUT2D eigenvalue weighted by Crippen LogP contribution is 2.26. The summed E-state index contributed by atoms with van der Waals surface area (Å²) in [6.07, 6.45) is 7.88. The van der Waals surface area contributed by atoms with Crippen molar-refractivity contribution in [2.45, 2.75) is 124 Å². The molecule has 0 rings (SSSR count). The highest BCUT2D eigenvalue weighted by Gasteiger charge is 2.35. The van der Waals surface area contributed by atoms with Crippen molar-refractivity contribution in [3.05, 3.63) is 46.6 Å². The second-order valence-corrected chi connectivity index (χ2v) is 13.4. The first-order chi connectivity index (χ1) is 22.3. The predicted octanol–water partition coefficient (Wildman–Crippen LogP) is 4.80. The van der Waals surface area contributed by atoms with E-state index in [1.165, 1.54) is 0 Å². The zero-order valence-electron chi connectivity index (χ0n) is 29.4. The Labute approximate surface area is 284 Å². The summed E-state index contributed by atoms with van der Waals surface area (Å²) in [7, 11) is 0. The Bertz CT molecular complexity index is 1160. The third kappa shape index (κ3) is 20.1. The highest BCUT2D eigenvalue weighted by atomic mass is 16.5. The number of aliphatic hydroxyl groups excluding tert-OH is 3. The number of carboxylic acid groups (broad SMARTS) is 3. The minimum Gasteiger partial charge on any atom is -0.481 e. The van der Waals surface area contributed by atoms with Crippen LogP contribution in [0.4, 0.5) is 0 Å². The van der Waals surface area contributed by atoms with Crippen molar-refractivity contribution in [3.8, 4) is 0 Å². The van der Waals surface area contributed by atoms with E-state index in [2.05, 4.69) is 6.92 Å². The maximum atomic E-state index is 13.0. The lowest BCUT2D eigenvalue weighted by Crippen LogP contribution is -2.40. The minimum atomic E-state index is -1.37. The van der Waals surface area contributed by atoms with Gasteiger partial charge in [-0.3, -0.25) is 9.59 Å². The molecule has 12 nitrogen and oxygen atoms in total. The van der Waals surface area contributed by atoms with Crippen LogP contribution in [0.1, 0.15) is 106 Å². The molecule has 0 fully saturated rings. The molecule has 6 atom stereocenters. The highest BCUT2D eigenvalue weighted by molar-refractivity contribution is 5.81. The Kier molecular flexibility index (Phi) is 21.5. The zero-order valence-corrected chi connectivity index (χ0v) is 29.4. The number of hydrogen-bond donors (Lipinski definition) is 7.